The third kappa shape index (κ3) is 1.73. The van der Waals surface area contributed by atoms with Gasteiger partial charge < -0.3 is 5.73 Å². The first-order chi connectivity index (χ1) is 8.22. The molecule has 2 heterocycles. The predicted octanol–water partition coefficient (Wildman–Crippen LogP) is 2.52. The van der Waals surface area contributed by atoms with Gasteiger partial charge in [0.2, 0.25) is 0 Å². The minimum absolute atomic E-state index is 0.571. The van der Waals surface area contributed by atoms with E-state index in [4.69, 9.17) is 5.73 Å². The van der Waals surface area contributed by atoms with Gasteiger partial charge in [-0.2, -0.15) is 5.10 Å². The molecular weight excluding hydrogens is 212 g/mol. The average molecular weight is 224 g/mol. The fourth-order valence-electron chi connectivity index (χ4n) is 1.87. The molecule has 0 unspecified atom stereocenters. The molecule has 4 heteroatoms. The van der Waals surface area contributed by atoms with Crippen LogP contribution in [0.15, 0.2) is 36.4 Å². The molecule has 3 aromatic rings. The van der Waals surface area contributed by atoms with Crippen LogP contribution in [0.5, 0.6) is 0 Å². The lowest BCUT2D eigenvalue weighted by molar-refractivity contribution is 1.10. The molecule has 17 heavy (non-hydrogen) atoms. The Morgan fingerprint density at radius 1 is 1.12 bits per heavy atom. The maximum Gasteiger partial charge on any atom is 0.119 e. The molecule has 0 aliphatic rings. The van der Waals surface area contributed by atoms with Gasteiger partial charge in [-0.15, -0.1) is 0 Å². The lowest BCUT2D eigenvalue weighted by Gasteiger charge is -2.01. The number of benzene rings is 1. The lowest BCUT2D eigenvalue weighted by atomic mass is 10.1. The number of aromatic nitrogens is 3. The van der Waals surface area contributed by atoms with Crippen LogP contribution in [0.3, 0.4) is 0 Å². The molecule has 0 aliphatic carbocycles. The Labute approximate surface area is 98.5 Å². The van der Waals surface area contributed by atoms with Crippen molar-refractivity contribution in [1.29, 1.82) is 0 Å². The second-order valence-corrected chi connectivity index (χ2v) is 4.07. The maximum absolute atomic E-state index is 5.62. The third-order valence-corrected chi connectivity index (χ3v) is 2.72. The van der Waals surface area contributed by atoms with Gasteiger partial charge in [0.05, 0.1) is 11.2 Å². The summed E-state index contributed by atoms with van der Waals surface area (Å²) in [6, 6.07) is 12.0. The first-order valence-electron chi connectivity index (χ1n) is 5.41. The van der Waals surface area contributed by atoms with E-state index in [0.29, 0.717) is 5.82 Å². The van der Waals surface area contributed by atoms with Gasteiger partial charge in [0.1, 0.15) is 5.82 Å². The molecule has 3 rings (SSSR count). The summed E-state index contributed by atoms with van der Waals surface area (Å²) in [5.74, 6) is 0.571. The SMILES string of the molecule is Cc1ccc2cc(-c3cc(N)[nH]n3)ccc2n1. The standard InChI is InChI=1S/C13H12N4/c1-8-2-3-9-6-10(4-5-11(9)15-8)12-7-13(14)17-16-12/h2-7H,1H3,(H3,14,16,17). The zero-order chi connectivity index (χ0) is 11.8. The van der Waals surface area contributed by atoms with Crippen LogP contribution < -0.4 is 5.73 Å². The van der Waals surface area contributed by atoms with Gasteiger partial charge in [-0.1, -0.05) is 12.1 Å². The van der Waals surface area contributed by atoms with E-state index in [1.165, 1.54) is 0 Å². The summed E-state index contributed by atoms with van der Waals surface area (Å²) in [5, 5.41) is 7.98. The number of aromatic amines is 1. The van der Waals surface area contributed by atoms with Gasteiger partial charge in [-0.25, -0.2) is 0 Å². The Kier molecular flexibility index (Phi) is 2.08. The number of nitrogens with zero attached hydrogens (tertiary/aromatic N) is 2. The zero-order valence-electron chi connectivity index (χ0n) is 9.44. The van der Waals surface area contributed by atoms with E-state index in [2.05, 4.69) is 27.3 Å². The number of anilines is 1. The lowest BCUT2D eigenvalue weighted by Crippen LogP contribution is -1.84. The van der Waals surface area contributed by atoms with Crippen molar-refractivity contribution >= 4 is 16.7 Å². The molecule has 0 saturated heterocycles. The second kappa shape index (κ2) is 3.59. The minimum atomic E-state index is 0.571. The number of rotatable bonds is 1. The van der Waals surface area contributed by atoms with Crippen molar-refractivity contribution in [2.24, 2.45) is 0 Å². The molecule has 0 bridgehead atoms. The first-order valence-corrected chi connectivity index (χ1v) is 5.41. The number of hydrogen-bond acceptors (Lipinski definition) is 3. The van der Waals surface area contributed by atoms with Gasteiger partial charge in [-0.3, -0.25) is 10.1 Å². The summed E-state index contributed by atoms with van der Waals surface area (Å²) >= 11 is 0. The molecule has 0 radical (unpaired) electrons. The Hall–Kier alpha value is -2.36. The van der Waals surface area contributed by atoms with E-state index in [0.717, 1.165) is 27.9 Å². The minimum Gasteiger partial charge on any atom is -0.384 e. The molecule has 4 nitrogen and oxygen atoms in total. The van der Waals surface area contributed by atoms with Crippen LogP contribution in [0, 0.1) is 6.92 Å². The first kappa shape index (κ1) is 9.84. The second-order valence-electron chi connectivity index (χ2n) is 4.07. The van der Waals surface area contributed by atoms with E-state index in [-0.39, 0.29) is 0 Å². The van der Waals surface area contributed by atoms with E-state index in [1.54, 1.807) is 0 Å². The van der Waals surface area contributed by atoms with Crippen molar-refractivity contribution in [1.82, 2.24) is 15.2 Å². The molecule has 0 aliphatic heterocycles. The quantitative estimate of drug-likeness (QED) is 0.667. The molecule has 3 N–H and O–H groups in total. The fourth-order valence-corrected chi connectivity index (χ4v) is 1.87. The van der Waals surface area contributed by atoms with Crippen molar-refractivity contribution in [3.05, 3.63) is 42.1 Å². The highest BCUT2D eigenvalue weighted by Gasteiger charge is 2.03. The average Bonchev–Trinajstić information content (AvgIpc) is 2.75. The highest BCUT2D eigenvalue weighted by atomic mass is 15.2. The highest BCUT2D eigenvalue weighted by Crippen LogP contribution is 2.23. The Morgan fingerprint density at radius 2 is 2.00 bits per heavy atom. The van der Waals surface area contributed by atoms with Gasteiger partial charge in [0.25, 0.3) is 0 Å². The third-order valence-electron chi connectivity index (χ3n) is 2.72. The number of hydrogen-bond donors (Lipinski definition) is 2. The summed E-state index contributed by atoms with van der Waals surface area (Å²) in [4.78, 5) is 4.46. The Bertz CT molecular complexity index is 685. The molecule has 0 fully saturated rings. The van der Waals surface area contributed by atoms with Crippen LogP contribution >= 0.6 is 0 Å². The number of fused-ring (bicyclic) bond motifs is 1. The monoisotopic (exact) mass is 224 g/mol. The van der Waals surface area contributed by atoms with Crippen molar-refractivity contribution in [3.8, 4) is 11.3 Å². The van der Waals surface area contributed by atoms with Gasteiger partial charge >= 0.3 is 0 Å². The van der Waals surface area contributed by atoms with E-state index < -0.39 is 0 Å². The molecule has 84 valence electrons. The molecule has 0 amide bonds. The number of nitrogens with two attached hydrogens (primary N) is 1. The topological polar surface area (TPSA) is 67.6 Å². The predicted molar refractivity (Wildman–Crippen MR) is 68.5 cm³/mol. The molecule has 0 atom stereocenters. The largest absolute Gasteiger partial charge is 0.384 e. The van der Waals surface area contributed by atoms with Crippen molar-refractivity contribution in [2.75, 3.05) is 5.73 Å². The van der Waals surface area contributed by atoms with Gasteiger partial charge in [-0.05, 0) is 25.1 Å². The number of pyridine rings is 1. The summed E-state index contributed by atoms with van der Waals surface area (Å²) in [7, 11) is 0. The van der Waals surface area contributed by atoms with Crippen molar-refractivity contribution < 1.29 is 0 Å². The van der Waals surface area contributed by atoms with Crippen molar-refractivity contribution in [3.63, 3.8) is 0 Å². The zero-order valence-corrected chi connectivity index (χ0v) is 9.44. The Balaban J connectivity index is 2.16. The molecule has 2 aromatic heterocycles. The summed E-state index contributed by atoms with van der Waals surface area (Å²) < 4.78 is 0. The fraction of sp³-hybridized carbons (Fsp3) is 0.0769. The van der Waals surface area contributed by atoms with Crippen molar-refractivity contribution in [2.45, 2.75) is 6.92 Å². The van der Waals surface area contributed by atoms with Crippen LogP contribution in [0.2, 0.25) is 0 Å². The highest BCUT2D eigenvalue weighted by molar-refractivity contribution is 5.84. The summed E-state index contributed by atoms with van der Waals surface area (Å²) in [5.41, 5.74) is 9.53. The van der Waals surface area contributed by atoms with E-state index in [9.17, 15) is 0 Å². The van der Waals surface area contributed by atoms with Crippen LogP contribution in [-0.2, 0) is 0 Å². The smallest absolute Gasteiger partial charge is 0.119 e. The molecule has 1 aromatic carbocycles. The van der Waals surface area contributed by atoms with Crippen LogP contribution in [-0.4, -0.2) is 15.2 Å². The number of nitrogen functional groups attached to an aromatic ring is 1. The molecule has 0 saturated carbocycles. The van der Waals surface area contributed by atoms with E-state index in [1.807, 2.05) is 31.2 Å². The van der Waals surface area contributed by atoms with E-state index >= 15 is 0 Å². The van der Waals surface area contributed by atoms with Gasteiger partial charge in [0, 0.05) is 22.7 Å². The van der Waals surface area contributed by atoms with Gasteiger partial charge in [0.15, 0.2) is 0 Å². The van der Waals surface area contributed by atoms with Crippen LogP contribution in [0.25, 0.3) is 22.2 Å². The normalized spacial score (nSPS) is 10.9. The Morgan fingerprint density at radius 3 is 2.76 bits per heavy atom. The molecular formula is C13H12N4. The number of aryl methyl sites for hydroxylation is 1. The molecule has 0 spiro atoms. The maximum atomic E-state index is 5.62. The number of nitrogens with one attached hydrogen (secondary N) is 1. The summed E-state index contributed by atoms with van der Waals surface area (Å²) in [6.45, 7) is 1.99. The van der Waals surface area contributed by atoms with Crippen LogP contribution in [0.4, 0.5) is 5.82 Å². The van der Waals surface area contributed by atoms with Crippen LogP contribution in [0.1, 0.15) is 5.69 Å². The number of H-pyrrole nitrogens is 1. The summed E-state index contributed by atoms with van der Waals surface area (Å²) in [6.07, 6.45) is 0.